The molecular weight excluding hydrogens is 248 g/mol. The van der Waals surface area contributed by atoms with Gasteiger partial charge in [-0.15, -0.1) is 0 Å². The topological polar surface area (TPSA) is 46.3 Å². The van der Waals surface area contributed by atoms with Crippen molar-refractivity contribution >= 4 is 5.91 Å². The Morgan fingerprint density at radius 2 is 1.85 bits per heavy atom. The first-order valence-electron chi connectivity index (χ1n) is 7.66. The van der Waals surface area contributed by atoms with Gasteiger partial charge in [0.25, 0.3) is 0 Å². The maximum atomic E-state index is 12.2. The predicted molar refractivity (Wildman–Crippen MR) is 82.3 cm³/mol. The molecule has 0 bridgehead atoms. The van der Waals surface area contributed by atoms with E-state index < -0.39 is 0 Å². The summed E-state index contributed by atoms with van der Waals surface area (Å²) in [6, 6.07) is 10.3. The van der Waals surface area contributed by atoms with Crippen LogP contribution in [0, 0.1) is 11.8 Å². The molecule has 2 N–H and O–H groups in total. The monoisotopic (exact) mass is 274 g/mol. The second-order valence-corrected chi connectivity index (χ2v) is 6.23. The summed E-state index contributed by atoms with van der Waals surface area (Å²) in [5.41, 5.74) is 7.36. The van der Waals surface area contributed by atoms with Gasteiger partial charge in [-0.25, -0.2) is 0 Å². The minimum Gasteiger partial charge on any atom is -0.341 e. The Hall–Kier alpha value is -1.35. The van der Waals surface area contributed by atoms with Crippen LogP contribution in [0.4, 0.5) is 0 Å². The van der Waals surface area contributed by atoms with Crippen molar-refractivity contribution in [3.8, 4) is 0 Å². The van der Waals surface area contributed by atoms with E-state index in [4.69, 9.17) is 5.73 Å². The Morgan fingerprint density at radius 1 is 1.25 bits per heavy atom. The molecule has 110 valence electrons. The van der Waals surface area contributed by atoms with Crippen LogP contribution in [-0.4, -0.2) is 29.9 Å². The summed E-state index contributed by atoms with van der Waals surface area (Å²) in [6.07, 6.45) is 3.30. The molecule has 1 aliphatic rings. The lowest BCUT2D eigenvalue weighted by Crippen LogP contribution is -2.49. The van der Waals surface area contributed by atoms with Crippen molar-refractivity contribution in [2.45, 2.75) is 39.2 Å². The zero-order valence-corrected chi connectivity index (χ0v) is 12.6. The maximum absolute atomic E-state index is 12.2. The molecule has 1 aromatic rings. The molecule has 1 atom stereocenters. The van der Waals surface area contributed by atoms with Gasteiger partial charge in [0, 0.05) is 13.1 Å². The highest BCUT2D eigenvalue weighted by atomic mass is 16.2. The lowest BCUT2D eigenvalue weighted by Gasteiger charge is -2.34. The lowest BCUT2D eigenvalue weighted by atomic mass is 9.89. The maximum Gasteiger partial charge on any atom is 0.239 e. The average Bonchev–Trinajstić information content (AvgIpc) is 2.47. The Bertz CT molecular complexity index is 422. The molecule has 0 aromatic heterocycles. The number of benzene rings is 1. The third kappa shape index (κ3) is 3.83. The highest BCUT2D eigenvalue weighted by Gasteiger charge is 2.27. The van der Waals surface area contributed by atoms with Crippen LogP contribution in [0.2, 0.25) is 0 Å². The van der Waals surface area contributed by atoms with E-state index in [0.29, 0.717) is 5.92 Å². The molecule has 1 aromatic carbocycles. The van der Waals surface area contributed by atoms with Gasteiger partial charge in [-0.3, -0.25) is 4.79 Å². The first-order valence-corrected chi connectivity index (χ1v) is 7.66. The number of hydrogen-bond acceptors (Lipinski definition) is 2. The minimum atomic E-state index is -0.347. The van der Waals surface area contributed by atoms with Crippen LogP contribution in [0.5, 0.6) is 0 Å². The Balaban J connectivity index is 1.82. The van der Waals surface area contributed by atoms with Crippen LogP contribution in [0.25, 0.3) is 0 Å². The molecular formula is C17H26N2O. The molecule has 20 heavy (non-hydrogen) atoms. The predicted octanol–water partition coefficient (Wildman–Crippen LogP) is 2.45. The van der Waals surface area contributed by atoms with Crippen molar-refractivity contribution in [1.29, 1.82) is 0 Å². The van der Waals surface area contributed by atoms with Crippen LogP contribution in [0.3, 0.4) is 0 Å². The molecule has 0 aliphatic carbocycles. The number of nitrogens with two attached hydrogens (primary N) is 1. The van der Waals surface area contributed by atoms with Gasteiger partial charge in [-0.2, -0.15) is 0 Å². The molecule has 0 spiro atoms. The van der Waals surface area contributed by atoms with E-state index in [9.17, 15) is 4.79 Å². The second-order valence-electron chi connectivity index (χ2n) is 6.23. The van der Waals surface area contributed by atoms with Gasteiger partial charge in [-0.05, 0) is 36.7 Å². The van der Waals surface area contributed by atoms with Crippen LogP contribution in [0.15, 0.2) is 30.3 Å². The fourth-order valence-corrected chi connectivity index (χ4v) is 2.80. The Kier molecular flexibility index (Phi) is 5.18. The quantitative estimate of drug-likeness (QED) is 0.916. The van der Waals surface area contributed by atoms with E-state index in [-0.39, 0.29) is 17.9 Å². The normalized spacial score (nSPS) is 18.3. The summed E-state index contributed by atoms with van der Waals surface area (Å²) in [7, 11) is 0. The number of carbonyl (C=O) groups excluding carboxylic acids is 1. The van der Waals surface area contributed by atoms with Gasteiger partial charge < -0.3 is 10.6 Å². The molecule has 1 saturated heterocycles. The third-order valence-corrected chi connectivity index (χ3v) is 4.30. The summed E-state index contributed by atoms with van der Waals surface area (Å²) in [6.45, 7) is 5.73. The number of hydrogen-bond donors (Lipinski definition) is 1. The van der Waals surface area contributed by atoms with E-state index in [1.54, 1.807) is 0 Å². The molecule has 2 rings (SSSR count). The molecule has 1 amide bonds. The fourth-order valence-electron chi connectivity index (χ4n) is 2.80. The van der Waals surface area contributed by atoms with Gasteiger partial charge in [0.05, 0.1) is 6.04 Å². The SMILES string of the molecule is CC(C)C(N)C(=O)N1CCC(Cc2ccccc2)CC1. The fraction of sp³-hybridized carbons (Fsp3) is 0.588. The summed E-state index contributed by atoms with van der Waals surface area (Å²) < 4.78 is 0. The first kappa shape index (κ1) is 15.0. The van der Waals surface area contributed by atoms with E-state index >= 15 is 0 Å². The van der Waals surface area contributed by atoms with Crippen molar-refractivity contribution in [1.82, 2.24) is 4.90 Å². The lowest BCUT2D eigenvalue weighted by molar-refractivity contribution is -0.134. The van der Waals surface area contributed by atoms with Gasteiger partial charge in [0.2, 0.25) is 5.91 Å². The highest BCUT2D eigenvalue weighted by molar-refractivity contribution is 5.82. The van der Waals surface area contributed by atoms with Crippen molar-refractivity contribution in [2.75, 3.05) is 13.1 Å². The van der Waals surface area contributed by atoms with Gasteiger partial charge in [-0.1, -0.05) is 44.2 Å². The van der Waals surface area contributed by atoms with Crippen molar-refractivity contribution < 1.29 is 4.79 Å². The standard InChI is InChI=1S/C17H26N2O/c1-13(2)16(18)17(20)19-10-8-15(9-11-19)12-14-6-4-3-5-7-14/h3-7,13,15-16H,8-12,18H2,1-2H3. The summed E-state index contributed by atoms with van der Waals surface area (Å²) in [5.74, 6) is 1.03. The highest BCUT2D eigenvalue weighted by Crippen LogP contribution is 2.22. The molecule has 0 saturated carbocycles. The molecule has 0 radical (unpaired) electrons. The molecule has 1 fully saturated rings. The van der Waals surface area contributed by atoms with Gasteiger partial charge in [0.15, 0.2) is 0 Å². The van der Waals surface area contributed by atoms with Crippen LogP contribution >= 0.6 is 0 Å². The number of piperidine rings is 1. The summed E-state index contributed by atoms with van der Waals surface area (Å²) in [5, 5.41) is 0. The number of nitrogens with zero attached hydrogens (tertiary/aromatic N) is 1. The van der Waals surface area contributed by atoms with Crippen LogP contribution in [0.1, 0.15) is 32.3 Å². The van der Waals surface area contributed by atoms with Crippen molar-refractivity contribution in [2.24, 2.45) is 17.6 Å². The molecule has 1 aliphatic heterocycles. The molecule has 3 heteroatoms. The zero-order valence-electron chi connectivity index (χ0n) is 12.6. The Morgan fingerprint density at radius 3 is 2.40 bits per heavy atom. The average molecular weight is 274 g/mol. The van der Waals surface area contributed by atoms with Crippen LogP contribution < -0.4 is 5.73 Å². The minimum absolute atomic E-state index is 0.123. The Labute approximate surface area is 122 Å². The number of carbonyl (C=O) groups is 1. The van der Waals surface area contributed by atoms with E-state index in [0.717, 1.165) is 32.4 Å². The molecule has 1 heterocycles. The van der Waals surface area contributed by atoms with E-state index in [1.165, 1.54) is 5.56 Å². The first-order chi connectivity index (χ1) is 9.58. The van der Waals surface area contributed by atoms with Gasteiger partial charge >= 0.3 is 0 Å². The zero-order chi connectivity index (χ0) is 14.5. The van der Waals surface area contributed by atoms with Crippen molar-refractivity contribution in [3.05, 3.63) is 35.9 Å². The molecule has 3 nitrogen and oxygen atoms in total. The molecule has 1 unspecified atom stereocenters. The number of rotatable bonds is 4. The number of amides is 1. The van der Waals surface area contributed by atoms with Crippen LogP contribution in [-0.2, 0) is 11.2 Å². The van der Waals surface area contributed by atoms with Gasteiger partial charge in [0.1, 0.15) is 0 Å². The largest absolute Gasteiger partial charge is 0.341 e. The third-order valence-electron chi connectivity index (χ3n) is 4.30. The smallest absolute Gasteiger partial charge is 0.239 e. The summed E-state index contributed by atoms with van der Waals surface area (Å²) in [4.78, 5) is 14.2. The van der Waals surface area contributed by atoms with E-state index in [2.05, 4.69) is 30.3 Å². The van der Waals surface area contributed by atoms with E-state index in [1.807, 2.05) is 18.7 Å². The number of likely N-dealkylation sites (tertiary alicyclic amines) is 1. The summed E-state index contributed by atoms with van der Waals surface area (Å²) >= 11 is 0. The van der Waals surface area contributed by atoms with Crippen molar-refractivity contribution in [3.63, 3.8) is 0 Å². The second kappa shape index (κ2) is 6.89.